The lowest BCUT2D eigenvalue weighted by Gasteiger charge is -2.06. The number of rotatable bonds is 6. The van der Waals surface area contributed by atoms with Crippen LogP contribution in [-0.4, -0.2) is 33.6 Å². The van der Waals surface area contributed by atoms with Crippen LogP contribution in [0.3, 0.4) is 0 Å². The zero-order valence-corrected chi connectivity index (χ0v) is 14.0. The van der Waals surface area contributed by atoms with Gasteiger partial charge in [-0.2, -0.15) is 0 Å². The number of amides is 1. The minimum Gasteiger partial charge on any atom is -0.491 e. The van der Waals surface area contributed by atoms with Crippen LogP contribution in [0, 0.1) is 0 Å². The first-order chi connectivity index (χ1) is 11.7. The maximum absolute atomic E-state index is 12.0. The zero-order chi connectivity index (χ0) is 16.9. The SMILES string of the molecule is O=C(C=Cc1c(Cl)nc2sccn12)Nc1ccc(OCCO)cc1. The van der Waals surface area contributed by atoms with Crippen LogP contribution >= 0.6 is 22.9 Å². The van der Waals surface area contributed by atoms with E-state index in [1.807, 2.05) is 16.0 Å². The number of thiazole rings is 1. The van der Waals surface area contributed by atoms with Gasteiger partial charge in [0.05, 0.1) is 12.3 Å². The monoisotopic (exact) mass is 363 g/mol. The van der Waals surface area contributed by atoms with Crippen LogP contribution in [0.15, 0.2) is 41.9 Å². The average molecular weight is 364 g/mol. The van der Waals surface area contributed by atoms with Gasteiger partial charge in [-0.25, -0.2) is 4.98 Å². The summed E-state index contributed by atoms with van der Waals surface area (Å²) in [5, 5.41) is 13.7. The standard InChI is InChI=1S/C16H14ClN3O3S/c17-15-13(20-7-10-24-16(20)19-15)5-6-14(22)18-11-1-3-12(4-2-11)23-9-8-21/h1-7,10,21H,8-9H2,(H,18,22). The fraction of sp³-hybridized carbons (Fsp3) is 0.125. The molecule has 0 radical (unpaired) electrons. The Hall–Kier alpha value is -2.35. The second-order valence-electron chi connectivity index (χ2n) is 4.76. The van der Waals surface area contributed by atoms with Gasteiger partial charge in [0.25, 0.3) is 0 Å². The molecule has 24 heavy (non-hydrogen) atoms. The number of hydrogen-bond acceptors (Lipinski definition) is 5. The molecule has 0 saturated carbocycles. The van der Waals surface area contributed by atoms with E-state index in [-0.39, 0.29) is 19.1 Å². The fourth-order valence-electron chi connectivity index (χ4n) is 2.06. The van der Waals surface area contributed by atoms with Gasteiger partial charge in [-0.15, -0.1) is 11.3 Å². The van der Waals surface area contributed by atoms with Gasteiger partial charge < -0.3 is 15.2 Å². The summed E-state index contributed by atoms with van der Waals surface area (Å²) in [6.07, 6.45) is 4.88. The van der Waals surface area contributed by atoms with Crippen LogP contribution in [0.25, 0.3) is 11.0 Å². The molecule has 0 aliphatic carbocycles. The van der Waals surface area contributed by atoms with Crippen LogP contribution in [0.2, 0.25) is 5.15 Å². The highest BCUT2D eigenvalue weighted by atomic mass is 35.5. The number of aliphatic hydroxyl groups excluding tert-OH is 1. The maximum Gasteiger partial charge on any atom is 0.248 e. The van der Waals surface area contributed by atoms with Crippen LogP contribution in [-0.2, 0) is 4.79 Å². The summed E-state index contributed by atoms with van der Waals surface area (Å²) >= 11 is 7.54. The van der Waals surface area contributed by atoms with E-state index < -0.39 is 0 Å². The second kappa shape index (κ2) is 7.48. The van der Waals surface area contributed by atoms with Crippen molar-refractivity contribution >= 4 is 45.6 Å². The number of nitrogens with zero attached hydrogens (tertiary/aromatic N) is 2. The van der Waals surface area contributed by atoms with E-state index in [9.17, 15) is 4.79 Å². The third-order valence-electron chi connectivity index (χ3n) is 3.13. The molecule has 1 amide bonds. The topological polar surface area (TPSA) is 75.9 Å². The largest absolute Gasteiger partial charge is 0.491 e. The highest BCUT2D eigenvalue weighted by Crippen LogP contribution is 2.22. The van der Waals surface area contributed by atoms with Crippen molar-refractivity contribution in [2.75, 3.05) is 18.5 Å². The lowest BCUT2D eigenvalue weighted by molar-refractivity contribution is -0.111. The molecule has 2 N–H and O–H groups in total. The molecule has 1 aromatic carbocycles. The van der Waals surface area contributed by atoms with E-state index in [1.54, 1.807) is 30.3 Å². The van der Waals surface area contributed by atoms with Gasteiger partial charge in [-0.1, -0.05) is 11.6 Å². The van der Waals surface area contributed by atoms with Crippen molar-refractivity contribution in [3.63, 3.8) is 0 Å². The van der Waals surface area contributed by atoms with E-state index in [0.29, 0.717) is 22.3 Å². The van der Waals surface area contributed by atoms with E-state index in [0.717, 1.165) is 4.96 Å². The molecule has 2 heterocycles. The fourth-order valence-corrected chi connectivity index (χ4v) is 3.07. The van der Waals surface area contributed by atoms with Gasteiger partial charge in [0.15, 0.2) is 10.1 Å². The molecule has 0 aliphatic rings. The lowest BCUT2D eigenvalue weighted by Crippen LogP contribution is -2.08. The Bertz CT molecular complexity index is 870. The van der Waals surface area contributed by atoms with Gasteiger partial charge in [0.1, 0.15) is 12.4 Å². The summed E-state index contributed by atoms with van der Waals surface area (Å²) in [5.74, 6) is 0.351. The van der Waals surface area contributed by atoms with Crippen molar-refractivity contribution in [1.29, 1.82) is 0 Å². The number of aromatic nitrogens is 2. The Morgan fingerprint density at radius 1 is 1.42 bits per heavy atom. The van der Waals surface area contributed by atoms with Gasteiger partial charge in [0.2, 0.25) is 5.91 Å². The molecule has 0 atom stereocenters. The Balaban J connectivity index is 1.65. The number of carbonyl (C=O) groups is 1. The molecule has 3 rings (SSSR count). The summed E-state index contributed by atoms with van der Waals surface area (Å²) in [6.45, 7) is 0.190. The van der Waals surface area contributed by atoms with Crippen molar-refractivity contribution in [3.8, 4) is 5.75 Å². The first kappa shape index (κ1) is 16.5. The molecular weight excluding hydrogens is 350 g/mol. The summed E-state index contributed by atoms with van der Waals surface area (Å²) in [4.78, 5) is 17.0. The van der Waals surface area contributed by atoms with Crippen LogP contribution in [0.4, 0.5) is 5.69 Å². The van der Waals surface area contributed by atoms with Crippen molar-refractivity contribution < 1.29 is 14.6 Å². The Labute approximate surface area is 147 Å². The number of benzene rings is 1. The summed E-state index contributed by atoms with van der Waals surface area (Å²) < 4.78 is 7.08. The minimum absolute atomic E-state index is 0.0438. The minimum atomic E-state index is -0.278. The molecule has 3 aromatic rings. The number of ether oxygens (including phenoxy) is 1. The summed E-state index contributed by atoms with van der Waals surface area (Å²) in [7, 11) is 0. The smallest absolute Gasteiger partial charge is 0.248 e. The molecular formula is C16H14ClN3O3S. The number of halogens is 1. The Kier molecular flexibility index (Phi) is 5.14. The van der Waals surface area contributed by atoms with Gasteiger partial charge >= 0.3 is 0 Å². The number of carbonyl (C=O) groups excluding carboxylic acids is 1. The first-order valence-electron chi connectivity index (χ1n) is 7.11. The number of hydrogen-bond donors (Lipinski definition) is 2. The number of nitrogens with one attached hydrogen (secondary N) is 1. The molecule has 0 unspecified atom stereocenters. The van der Waals surface area contributed by atoms with Gasteiger partial charge in [0, 0.05) is 23.3 Å². The Morgan fingerprint density at radius 2 is 2.21 bits per heavy atom. The molecule has 0 spiro atoms. The second-order valence-corrected chi connectivity index (χ2v) is 5.99. The molecule has 0 saturated heterocycles. The predicted octanol–water partition coefficient (Wildman–Crippen LogP) is 3.07. The highest BCUT2D eigenvalue weighted by molar-refractivity contribution is 7.15. The van der Waals surface area contributed by atoms with Gasteiger partial charge in [-0.05, 0) is 30.3 Å². The van der Waals surface area contributed by atoms with E-state index >= 15 is 0 Å². The average Bonchev–Trinajstić information content (AvgIpc) is 3.13. The van der Waals surface area contributed by atoms with E-state index in [1.165, 1.54) is 17.4 Å². The number of aliphatic hydroxyl groups is 1. The first-order valence-corrected chi connectivity index (χ1v) is 8.37. The molecule has 0 aliphatic heterocycles. The zero-order valence-electron chi connectivity index (χ0n) is 12.5. The normalized spacial score (nSPS) is 11.2. The lowest BCUT2D eigenvalue weighted by atomic mass is 10.3. The third kappa shape index (κ3) is 3.76. The molecule has 0 bridgehead atoms. The summed E-state index contributed by atoms with van der Waals surface area (Å²) in [5.41, 5.74) is 1.30. The van der Waals surface area contributed by atoms with Crippen LogP contribution in [0.5, 0.6) is 5.75 Å². The quantitative estimate of drug-likeness (QED) is 0.660. The van der Waals surface area contributed by atoms with Crippen molar-refractivity contribution in [3.05, 3.63) is 52.8 Å². The van der Waals surface area contributed by atoms with Crippen molar-refractivity contribution in [2.24, 2.45) is 0 Å². The molecule has 8 heteroatoms. The van der Waals surface area contributed by atoms with Crippen molar-refractivity contribution in [1.82, 2.24) is 9.38 Å². The maximum atomic E-state index is 12.0. The van der Waals surface area contributed by atoms with E-state index in [2.05, 4.69) is 10.3 Å². The summed E-state index contributed by atoms with van der Waals surface area (Å²) in [6, 6.07) is 6.89. The third-order valence-corrected chi connectivity index (χ3v) is 4.16. The molecule has 6 nitrogen and oxygen atoms in total. The molecule has 2 aromatic heterocycles. The van der Waals surface area contributed by atoms with E-state index in [4.69, 9.17) is 21.4 Å². The van der Waals surface area contributed by atoms with Crippen LogP contribution in [0.1, 0.15) is 5.69 Å². The Morgan fingerprint density at radius 3 is 2.96 bits per heavy atom. The van der Waals surface area contributed by atoms with Crippen LogP contribution < -0.4 is 10.1 Å². The molecule has 0 fully saturated rings. The molecule has 124 valence electrons. The number of anilines is 1. The number of fused-ring (bicyclic) bond motifs is 1. The highest BCUT2D eigenvalue weighted by Gasteiger charge is 2.08. The number of imidazole rings is 1. The predicted molar refractivity (Wildman–Crippen MR) is 94.8 cm³/mol. The van der Waals surface area contributed by atoms with Gasteiger partial charge in [-0.3, -0.25) is 9.20 Å². The van der Waals surface area contributed by atoms with Crippen molar-refractivity contribution in [2.45, 2.75) is 0 Å².